The molecule has 0 radical (unpaired) electrons. The molecule has 0 saturated carbocycles. The van der Waals surface area contributed by atoms with E-state index in [1.807, 2.05) is 0 Å². The standard InChI is InChI=1S/C14H18ClFO/c1-2-3-4-8-11-14(15,16)13(17)12-9-6-5-7-10-12/h5-7,9-10H,2-4,8,11H2,1H3/t14-/m0/s1. The van der Waals surface area contributed by atoms with Gasteiger partial charge in [-0.15, -0.1) is 0 Å². The zero-order valence-electron chi connectivity index (χ0n) is 10.1. The van der Waals surface area contributed by atoms with Crippen LogP contribution in [-0.4, -0.2) is 10.9 Å². The molecule has 1 aromatic carbocycles. The molecule has 1 nitrogen and oxygen atoms in total. The maximum atomic E-state index is 14.0. The van der Waals surface area contributed by atoms with Crippen LogP contribution in [0.25, 0.3) is 0 Å². The molecule has 94 valence electrons. The predicted octanol–water partition coefficient (Wildman–Crippen LogP) is 4.74. The third-order valence-corrected chi connectivity index (χ3v) is 3.07. The Kier molecular flexibility index (Phi) is 5.63. The van der Waals surface area contributed by atoms with Crippen LogP contribution < -0.4 is 0 Å². The van der Waals surface area contributed by atoms with Gasteiger partial charge < -0.3 is 0 Å². The van der Waals surface area contributed by atoms with Crippen molar-refractivity contribution in [3.8, 4) is 0 Å². The molecule has 0 heterocycles. The van der Waals surface area contributed by atoms with Gasteiger partial charge in [0, 0.05) is 12.0 Å². The Morgan fingerprint density at radius 3 is 2.47 bits per heavy atom. The summed E-state index contributed by atoms with van der Waals surface area (Å²) >= 11 is 5.68. The molecule has 0 saturated heterocycles. The Bertz CT molecular complexity index is 348. The zero-order valence-corrected chi connectivity index (χ0v) is 10.8. The van der Waals surface area contributed by atoms with Gasteiger partial charge in [0.25, 0.3) is 0 Å². The van der Waals surface area contributed by atoms with Crippen molar-refractivity contribution in [2.75, 3.05) is 0 Å². The molecule has 0 aliphatic heterocycles. The van der Waals surface area contributed by atoms with E-state index in [-0.39, 0.29) is 6.42 Å². The number of rotatable bonds is 7. The number of carbonyl (C=O) groups excluding carboxylic acids is 1. The first kappa shape index (κ1) is 14.2. The first-order valence-electron chi connectivity index (χ1n) is 6.05. The van der Waals surface area contributed by atoms with Gasteiger partial charge in [-0.3, -0.25) is 4.79 Å². The SMILES string of the molecule is CCCCCC[C@@](F)(Cl)C(=O)c1ccccc1. The van der Waals surface area contributed by atoms with E-state index in [0.29, 0.717) is 12.0 Å². The predicted molar refractivity (Wildman–Crippen MR) is 69.2 cm³/mol. The third kappa shape index (κ3) is 4.47. The molecule has 1 atom stereocenters. The van der Waals surface area contributed by atoms with Crippen LogP contribution in [0.15, 0.2) is 30.3 Å². The number of halogens is 2. The average molecular weight is 257 g/mol. The van der Waals surface area contributed by atoms with E-state index in [2.05, 4.69) is 6.92 Å². The van der Waals surface area contributed by atoms with Crippen molar-refractivity contribution in [3.05, 3.63) is 35.9 Å². The molecule has 3 heteroatoms. The highest BCUT2D eigenvalue weighted by atomic mass is 35.5. The summed E-state index contributed by atoms with van der Waals surface area (Å²) in [4.78, 5) is 11.8. The van der Waals surface area contributed by atoms with Crippen LogP contribution in [0.1, 0.15) is 49.4 Å². The quantitative estimate of drug-likeness (QED) is 0.391. The topological polar surface area (TPSA) is 17.1 Å². The minimum Gasteiger partial charge on any atom is -0.289 e. The van der Waals surface area contributed by atoms with Crippen LogP contribution in [-0.2, 0) is 0 Å². The number of Topliss-reactive ketones (excluding diaryl/α,β-unsaturated/α-hetero) is 1. The van der Waals surface area contributed by atoms with E-state index >= 15 is 0 Å². The number of alkyl halides is 2. The fourth-order valence-corrected chi connectivity index (χ4v) is 1.93. The summed E-state index contributed by atoms with van der Waals surface area (Å²) in [6.45, 7) is 2.08. The zero-order chi connectivity index (χ0) is 12.7. The smallest absolute Gasteiger partial charge is 0.245 e. The van der Waals surface area contributed by atoms with Gasteiger partial charge >= 0.3 is 0 Å². The summed E-state index contributed by atoms with van der Waals surface area (Å²) in [7, 11) is 0. The van der Waals surface area contributed by atoms with Crippen LogP contribution in [0.2, 0.25) is 0 Å². The van der Waals surface area contributed by atoms with Gasteiger partial charge in [0.2, 0.25) is 10.9 Å². The summed E-state index contributed by atoms with van der Waals surface area (Å²) in [5, 5.41) is -2.25. The average Bonchev–Trinajstić information content (AvgIpc) is 2.35. The Hall–Kier alpha value is -0.890. The highest BCUT2D eigenvalue weighted by Gasteiger charge is 2.35. The largest absolute Gasteiger partial charge is 0.289 e. The van der Waals surface area contributed by atoms with Gasteiger partial charge in [0.15, 0.2) is 0 Å². The first-order valence-corrected chi connectivity index (χ1v) is 6.43. The van der Waals surface area contributed by atoms with Crippen molar-refractivity contribution >= 4 is 17.4 Å². The van der Waals surface area contributed by atoms with E-state index in [4.69, 9.17) is 11.6 Å². The number of benzene rings is 1. The van der Waals surface area contributed by atoms with Gasteiger partial charge in [-0.1, -0.05) is 68.1 Å². The van der Waals surface area contributed by atoms with Gasteiger partial charge in [-0.25, -0.2) is 4.39 Å². The molecule has 0 unspecified atom stereocenters. The summed E-state index contributed by atoms with van der Waals surface area (Å²) in [6, 6.07) is 8.37. The fraction of sp³-hybridized carbons (Fsp3) is 0.500. The second kappa shape index (κ2) is 6.75. The molecular formula is C14H18ClFO. The molecule has 0 aliphatic carbocycles. The number of unbranched alkanes of at least 4 members (excludes halogenated alkanes) is 3. The Labute approximate surface area is 107 Å². The van der Waals surface area contributed by atoms with Crippen molar-refractivity contribution in [2.24, 2.45) is 0 Å². The second-order valence-electron chi connectivity index (χ2n) is 4.21. The third-order valence-electron chi connectivity index (χ3n) is 2.71. The molecule has 1 rings (SSSR count). The Balaban J connectivity index is 2.55. The van der Waals surface area contributed by atoms with Crippen molar-refractivity contribution in [3.63, 3.8) is 0 Å². The van der Waals surface area contributed by atoms with Crippen LogP contribution in [0.5, 0.6) is 0 Å². The molecule has 1 aromatic rings. The Morgan fingerprint density at radius 1 is 1.24 bits per heavy atom. The fourth-order valence-electron chi connectivity index (χ4n) is 1.69. The lowest BCUT2D eigenvalue weighted by atomic mass is 10.0. The monoisotopic (exact) mass is 256 g/mol. The lowest BCUT2D eigenvalue weighted by Gasteiger charge is -2.16. The minimum atomic E-state index is -2.25. The van der Waals surface area contributed by atoms with Gasteiger partial charge in [-0.05, 0) is 6.42 Å². The summed E-state index contributed by atoms with van der Waals surface area (Å²) in [5.74, 6) is -0.628. The van der Waals surface area contributed by atoms with E-state index < -0.39 is 10.9 Å². The molecule has 0 aliphatic rings. The van der Waals surface area contributed by atoms with Crippen LogP contribution >= 0.6 is 11.6 Å². The molecule has 17 heavy (non-hydrogen) atoms. The highest BCUT2D eigenvalue weighted by Crippen LogP contribution is 2.29. The number of hydrogen-bond acceptors (Lipinski definition) is 1. The van der Waals surface area contributed by atoms with Gasteiger partial charge in [-0.2, -0.15) is 0 Å². The number of carbonyl (C=O) groups is 1. The Morgan fingerprint density at radius 2 is 1.88 bits per heavy atom. The van der Waals surface area contributed by atoms with Crippen LogP contribution in [0.3, 0.4) is 0 Å². The van der Waals surface area contributed by atoms with Crippen molar-refractivity contribution in [2.45, 2.75) is 44.2 Å². The molecule has 0 aromatic heterocycles. The minimum absolute atomic E-state index is 0.0856. The number of hydrogen-bond donors (Lipinski definition) is 0. The van der Waals surface area contributed by atoms with Crippen molar-refractivity contribution in [1.29, 1.82) is 0 Å². The number of ketones is 1. The van der Waals surface area contributed by atoms with Gasteiger partial charge in [0.05, 0.1) is 0 Å². The van der Waals surface area contributed by atoms with Gasteiger partial charge in [0.1, 0.15) is 0 Å². The highest BCUT2D eigenvalue weighted by molar-refractivity contribution is 6.36. The first-order chi connectivity index (χ1) is 8.08. The molecule has 0 fully saturated rings. The van der Waals surface area contributed by atoms with E-state index in [1.165, 1.54) is 0 Å². The molecule has 0 bridgehead atoms. The lowest BCUT2D eigenvalue weighted by molar-refractivity contribution is 0.0813. The normalized spacial score (nSPS) is 14.3. The molecule has 0 N–H and O–H groups in total. The lowest BCUT2D eigenvalue weighted by Crippen LogP contribution is -2.27. The maximum Gasteiger partial charge on any atom is 0.245 e. The molecular weight excluding hydrogens is 239 g/mol. The molecule has 0 spiro atoms. The van der Waals surface area contributed by atoms with E-state index in [9.17, 15) is 9.18 Å². The van der Waals surface area contributed by atoms with Crippen LogP contribution in [0, 0.1) is 0 Å². The summed E-state index contributed by atoms with van der Waals surface area (Å²) in [5.41, 5.74) is 0.334. The summed E-state index contributed by atoms with van der Waals surface area (Å²) < 4.78 is 14.0. The second-order valence-corrected chi connectivity index (χ2v) is 4.81. The van der Waals surface area contributed by atoms with Crippen molar-refractivity contribution < 1.29 is 9.18 Å². The molecule has 0 amide bonds. The maximum absolute atomic E-state index is 14.0. The van der Waals surface area contributed by atoms with E-state index in [0.717, 1.165) is 19.3 Å². The van der Waals surface area contributed by atoms with Crippen LogP contribution in [0.4, 0.5) is 4.39 Å². The van der Waals surface area contributed by atoms with Crippen molar-refractivity contribution in [1.82, 2.24) is 0 Å². The summed E-state index contributed by atoms with van der Waals surface area (Å²) in [6.07, 6.45) is 3.77. The van der Waals surface area contributed by atoms with E-state index in [1.54, 1.807) is 30.3 Å².